The standard InChI is InChI=1S/C55H39NO/c1-55(2)48-22-10-8-21-45(48)54-49(55)23-13-25-51(54)56(43-29-26-37(27-30-43)39-19-12-18-38(32-39)36-14-4-3-5-15-36)50-24-11-9-20-44(50)42-28-31-52-46(34-42)47-33-40-16-6-7-17-41(40)35-53(47)57-52/h3-35H,1-2H3. The normalized spacial score (nSPS) is 12.9. The number of hydrogen-bond acceptors (Lipinski definition) is 2. The number of para-hydroxylation sites is 1. The van der Waals surface area contributed by atoms with Gasteiger partial charge < -0.3 is 9.32 Å². The van der Waals surface area contributed by atoms with Gasteiger partial charge in [-0.15, -0.1) is 0 Å². The van der Waals surface area contributed by atoms with E-state index >= 15 is 0 Å². The Kier molecular flexibility index (Phi) is 7.55. The largest absolute Gasteiger partial charge is 0.456 e. The lowest BCUT2D eigenvalue weighted by Gasteiger charge is -2.30. The van der Waals surface area contributed by atoms with Gasteiger partial charge in [0.15, 0.2) is 0 Å². The van der Waals surface area contributed by atoms with E-state index in [9.17, 15) is 0 Å². The van der Waals surface area contributed by atoms with Gasteiger partial charge in [-0.05, 0) is 110 Å². The third-order valence-electron chi connectivity index (χ3n) is 12.0. The lowest BCUT2D eigenvalue weighted by Crippen LogP contribution is -2.16. The van der Waals surface area contributed by atoms with Crippen molar-refractivity contribution in [2.24, 2.45) is 0 Å². The molecule has 1 aliphatic carbocycles. The zero-order valence-corrected chi connectivity index (χ0v) is 31.9. The molecule has 11 rings (SSSR count). The molecule has 2 heteroatoms. The molecule has 0 saturated heterocycles. The fourth-order valence-electron chi connectivity index (χ4n) is 9.18. The van der Waals surface area contributed by atoms with Crippen molar-refractivity contribution in [3.8, 4) is 44.5 Å². The summed E-state index contributed by atoms with van der Waals surface area (Å²) in [6.45, 7) is 4.71. The Morgan fingerprint density at radius 2 is 0.965 bits per heavy atom. The first kappa shape index (κ1) is 33.2. The Hall–Kier alpha value is -7.16. The summed E-state index contributed by atoms with van der Waals surface area (Å²) < 4.78 is 6.44. The molecule has 0 amide bonds. The topological polar surface area (TPSA) is 16.4 Å². The summed E-state index contributed by atoms with van der Waals surface area (Å²) in [5.74, 6) is 0. The number of anilines is 3. The maximum absolute atomic E-state index is 6.44. The molecule has 9 aromatic carbocycles. The molecule has 1 aromatic heterocycles. The van der Waals surface area contributed by atoms with E-state index in [0.29, 0.717) is 0 Å². The van der Waals surface area contributed by atoms with E-state index in [4.69, 9.17) is 4.42 Å². The van der Waals surface area contributed by atoms with Crippen molar-refractivity contribution in [3.63, 3.8) is 0 Å². The second kappa shape index (κ2) is 13.0. The molecule has 270 valence electrons. The number of benzene rings is 9. The highest BCUT2D eigenvalue weighted by molar-refractivity contribution is 6.11. The Bertz CT molecular complexity index is 3150. The van der Waals surface area contributed by atoms with Crippen LogP contribution in [0.2, 0.25) is 0 Å². The maximum atomic E-state index is 6.44. The number of rotatable bonds is 6. The molecule has 0 aliphatic heterocycles. The minimum atomic E-state index is -0.127. The number of hydrogen-bond donors (Lipinski definition) is 0. The smallest absolute Gasteiger partial charge is 0.136 e. The van der Waals surface area contributed by atoms with Crippen molar-refractivity contribution in [2.75, 3.05) is 4.90 Å². The molecule has 2 nitrogen and oxygen atoms in total. The summed E-state index contributed by atoms with van der Waals surface area (Å²) in [5.41, 5.74) is 17.4. The van der Waals surface area contributed by atoms with Gasteiger partial charge in [0.2, 0.25) is 0 Å². The fourth-order valence-corrected chi connectivity index (χ4v) is 9.18. The lowest BCUT2D eigenvalue weighted by molar-refractivity contribution is 0.660. The van der Waals surface area contributed by atoms with Crippen molar-refractivity contribution >= 4 is 49.8 Å². The van der Waals surface area contributed by atoms with Crippen molar-refractivity contribution in [1.82, 2.24) is 0 Å². The molecule has 0 N–H and O–H groups in total. The third kappa shape index (κ3) is 5.40. The summed E-state index contributed by atoms with van der Waals surface area (Å²) in [7, 11) is 0. The van der Waals surface area contributed by atoms with Gasteiger partial charge in [-0.25, -0.2) is 0 Å². The first-order valence-electron chi connectivity index (χ1n) is 19.8. The predicted molar refractivity (Wildman–Crippen MR) is 240 cm³/mol. The van der Waals surface area contributed by atoms with E-state index in [0.717, 1.165) is 50.1 Å². The maximum Gasteiger partial charge on any atom is 0.136 e. The van der Waals surface area contributed by atoms with Gasteiger partial charge in [-0.2, -0.15) is 0 Å². The first-order valence-corrected chi connectivity index (χ1v) is 19.8. The highest BCUT2D eigenvalue weighted by Gasteiger charge is 2.38. The summed E-state index contributed by atoms with van der Waals surface area (Å²) in [5, 5.41) is 4.64. The Labute approximate surface area is 332 Å². The molecule has 0 spiro atoms. The van der Waals surface area contributed by atoms with E-state index in [2.05, 4.69) is 219 Å². The average molecular weight is 730 g/mol. The monoisotopic (exact) mass is 729 g/mol. The van der Waals surface area contributed by atoms with Gasteiger partial charge in [0.25, 0.3) is 0 Å². The van der Waals surface area contributed by atoms with Crippen molar-refractivity contribution in [2.45, 2.75) is 19.3 Å². The number of furan rings is 1. The van der Waals surface area contributed by atoms with Gasteiger partial charge in [-0.1, -0.05) is 159 Å². The van der Waals surface area contributed by atoms with Crippen LogP contribution < -0.4 is 4.90 Å². The SMILES string of the molecule is CC1(C)c2ccccc2-c2c(N(c3ccc(-c4cccc(-c5ccccc5)c4)cc3)c3ccccc3-c3ccc4oc5cc6ccccc6cc5c4c3)cccc21. The zero-order chi connectivity index (χ0) is 38.1. The summed E-state index contributed by atoms with van der Waals surface area (Å²) in [6, 6.07) is 72.7. The average Bonchev–Trinajstić information content (AvgIpc) is 3.74. The van der Waals surface area contributed by atoms with Gasteiger partial charge in [0.1, 0.15) is 11.2 Å². The van der Waals surface area contributed by atoms with Crippen LogP contribution in [-0.4, -0.2) is 0 Å². The van der Waals surface area contributed by atoms with Crippen LogP contribution in [0.3, 0.4) is 0 Å². The molecular formula is C55H39NO. The van der Waals surface area contributed by atoms with Crippen LogP contribution in [0.25, 0.3) is 77.2 Å². The molecule has 0 saturated carbocycles. The molecule has 0 fully saturated rings. The van der Waals surface area contributed by atoms with Crippen LogP contribution in [0.15, 0.2) is 205 Å². The first-order chi connectivity index (χ1) is 28.0. The van der Waals surface area contributed by atoms with E-state index in [-0.39, 0.29) is 5.41 Å². The van der Waals surface area contributed by atoms with Crippen LogP contribution in [0, 0.1) is 0 Å². The molecule has 0 bridgehead atoms. The van der Waals surface area contributed by atoms with Crippen molar-refractivity contribution in [1.29, 1.82) is 0 Å². The molecule has 0 atom stereocenters. The van der Waals surface area contributed by atoms with E-state index in [1.807, 2.05) is 0 Å². The van der Waals surface area contributed by atoms with Crippen LogP contribution in [0.1, 0.15) is 25.0 Å². The Morgan fingerprint density at radius 1 is 0.386 bits per heavy atom. The summed E-state index contributed by atoms with van der Waals surface area (Å²) in [4.78, 5) is 2.47. The summed E-state index contributed by atoms with van der Waals surface area (Å²) >= 11 is 0. The fraction of sp³-hybridized carbons (Fsp3) is 0.0545. The lowest BCUT2D eigenvalue weighted by atomic mass is 9.82. The number of fused-ring (bicyclic) bond motifs is 7. The van der Waals surface area contributed by atoms with Crippen molar-refractivity contribution < 1.29 is 4.42 Å². The molecule has 1 aliphatic rings. The van der Waals surface area contributed by atoms with Crippen LogP contribution >= 0.6 is 0 Å². The highest BCUT2D eigenvalue weighted by Crippen LogP contribution is 2.55. The quantitative estimate of drug-likeness (QED) is 0.169. The minimum absolute atomic E-state index is 0.127. The highest BCUT2D eigenvalue weighted by atomic mass is 16.3. The molecule has 0 radical (unpaired) electrons. The number of nitrogens with zero attached hydrogens (tertiary/aromatic N) is 1. The Morgan fingerprint density at radius 3 is 1.77 bits per heavy atom. The molecular weight excluding hydrogens is 691 g/mol. The van der Waals surface area contributed by atoms with Crippen LogP contribution in [-0.2, 0) is 5.41 Å². The molecule has 0 unspecified atom stereocenters. The van der Waals surface area contributed by atoms with Gasteiger partial charge in [0, 0.05) is 33.0 Å². The van der Waals surface area contributed by atoms with E-state index in [1.54, 1.807) is 0 Å². The van der Waals surface area contributed by atoms with E-state index < -0.39 is 0 Å². The van der Waals surface area contributed by atoms with Crippen LogP contribution in [0.5, 0.6) is 0 Å². The van der Waals surface area contributed by atoms with Gasteiger partial charge in [0.05, 0.1) is 11.4 Å². The minimum Gasteiger partial charge on any atom is -0.456 e. The Balaban J connectivity index is 1.10. The molecule has 57 heavy (non-hydrogen) atoms. The zero-order valence-electron chi connectivity index (χ0n) is 31.9. The second-order valence-corrected chi connectivity index (χ2v) is 15.7. The molecule has 1 heterocycles. The summed E-state index contributed by atoms with van der Waals surface area (Å²) in [6.07, 6.45) is 0. The van der Waals surface area contributed by atoms with Gasteiger partial charge >= 0.3 is 0 Å². The van der Waals surface area contributed by atoms with E-state index in [1.165, 1.54) is 55.3 Å². The molecule has 10 aromatic rings. The third-order valence-corrected chi connectivity index (χ3v) is 12.0. The predicted octanol–water partition coefficient (Wildman–Crippen LogP) is 15.5. The van der Waals surface area contributed by atoms with Gasteiger partial charge in [-0.3, -0.25) is 0 Å². The second-order valence-electron chi connectivity index (χ2n) is 15.7. The van der Waals surface area contributed by atoms with Crippen LogP contribution in [0.4, 0.5) is 17.1 Å². The van der Waals surface area contributed by atoms with Crippen molar-refractivity contribution in [3.05, 3.63) is 211 Å².